The molecule has 23 heavy (non-hydrogen) atoms. The predicted molar refractivity (Wildman–Crippen MR) is 97.6 cm³/mol. The molecule has 8 heteroatoms. The second-order valence-corrected chi connectivity index (χ2v) is 4.04. The molecule has 2 aromatic carbocycles. The molecule has 0 amide bonds. The monoisotopic (exact) mass is 374 g/mol. The normalized spacial score (nSPS) is 8.26. The van der Waals surface area contributed by atoms with Crippen molar-refractivity contribution in [1.29, 1.82) is 0 Å². The molecule has 0 unspecified atom stereocenters. The van der Waals surface area contributed by atoms with Gasteiger partial charge in [-0.15, -0.1) is 0 Å². The van der Waals surface area contributed by atoms with Gasteiger partial charge in [-0.25, -0.2) is 8.78 Å². The van der Waals surface area contributed by atoms with Crippen molar-refractivity contribution in [2.24, 2.45) is 0 Å². The fourth-order valence-electron chi connectivity index (χ4n) is 1.14. The van der Waals surface area contributed by atoms with E-state index in [-0.39, 0.29) is 11.6 Å². The number of rotatable bonds is 4. The van der Waals surface area contributed by atoms with Crippen molar-refractivity contribution in [2.45, 2.75) is 0 Å². The van der Waals surface area contributed by atoms with E-state index < -0.39 is 0 Å². The molecule has 0 radical (unpaired) electrons. The van der Waals surface area contributed by atoms with Crippen molar-refractivity contribution in [2.75, 3.05) is 0 Å². The summed E-state index contributed by atoms with van der Waals surface area (Å²) >= 11 is 12.7. The van der Waals surface area contributed by atoms with Gasteiger partial charge in [0, 0.05) is 0 Å². The lowest BCUT2D eigenvalue weighted by Gasteiger charge is -1.95. The third-order valence-corrected chi connectivity index (χ3v) is 2.19. The van der Waals surface area contributed by atoms with Crippen LogP contribution in [0.25, 0.3) is 0 Å². The number of aliphatic hydroxyl groups excluding tert-OH is 1. The van der Waals surface area contributed by atoms with Crippen LogP contribution in [-0.2, 0) is 0 Å². The van der Waals surface area contributed by atoms with Crippen LogP contribution in [0.3, 0.4) is 0 Å². The van der Waals surface area contributed by atoms with Crippen molar-refractivity contribution in [3.63, 3.8) is 0 Å². The molecule has 2 aromatic rings. The summed E-state index contributed by atoms with van der Waals surface area (Å²) in [6.45, 7) is 0. The maximum Gasteiger partial charge on any atom is 0.154 e. The molecule has 3 nitrogen and oxygen atoms in total. The molecular weight excluding hydrogens is 362 g/mol. The van der Waals surface area contributed by atoms with Crippen LogP contribution in [0.2, 0.25) is 0 Å². The fourth-order valence-corrected chi connectivity index (χ4v) is 1.36. The van der Waals surface area contributed by atoms with Crippen molar-refractivity contribution in [3.8, 4) is 11.5 Å². The molecule has 0 saturated heterocycles. The standard InChI is InChI=1S/2C7H5FOS.CH2OS/c2*8-6-1-3-7(4-2-6)9-5-10;2-1-3/h2*1-5H;1H,(H,2,3). The maximum atomic E-state index is 12.2. The highest BCUT2D eigenvalue weighted by Gasteiger charge is 1.90. The fraction of sp³-hybridized carbons (Fsp3) is 0. The van der Waals surface area contributed by atoms with Crippen LogP contribution < -0.4 is 9.47 Å². The predicted octanol–water partition coefficient (Wildman–Crippen LogP) is 4.83. The van der Waals surface area contributed by atoms with Gasteiger partial charge in [-0.2, -0.15) is 0 Å². The van der Waals surface area contributed by atoms with E-state index >= 15 is 0 Å². The molecule has 0 bridgehead atoms. The van der Waals surface area contributed by atoms with E-state index in [0.717, 1.165) is 11.1 Å². The molecule has 0 aliphatic heterocycles. The quantitative estimate of drug-likeness (QED) is 0.773. The van der Waals surface area contributed by atoms with Gasteiger partial charge < -0.3 is 14.6 Å². The number of halogens is 2. The van der Waals surface area contributed by atoms with E-state index in [0.29, 0.717) is 17.1 Å². The summed E-state index contributed by atoms with van der Waals surface area (Å²) in [4.78, 5) is 0. The lowest BCUT2D eigenvalue weighted by atomic mass is 10.3. The van der Waals surface area contributed by atoms with Crippen molar-refractivity contribution >= 4 is 53.3 Å². The van der Waals surface area contributed by atoms with Gasteiger partial charge in [0.2, 0.25) is 0 Å². The Kier molecular flexibility index (Phi) is 12.4. The number of thiocarbonyl (C=S) groups is 3. The minimum Gasteiger partial charge on any atom is -0.504 e. The zero-order chi connectivity index (χ0) is 17.5. The van der Waals surface area contributed by atoms with Crippen LogP contribution >= 0.6 is 36.7 Å². The van der Waals surface area contributed by atoms with E-state index in [4.69, 9.17) is 14.6 Å². The first-order valence-electron chi connectivity index (χ1n) is 5.87. The molecule has 0 aliphatic carbocycles. The summed E-state index contributed by atoms with van der Waals surface area (Å²) in [5.41, 5.74) is 2.85. The lowest BCUT2D eigenvalue weighted by Crippen LogP contribution is -1.85. The van der Waals surface area contributed by atoms with Crippen molar-refractivity contribution in [3.05, 3.63) is 60.2 Å². The van der Waals surface area contributed by atoms with Gasteiger partial charge in [-0.05, 0) is 85.2 Å². The average Bonchev–Trinajstić information content (AvgIpc) is 2.54. The molecular formula is C15H12F2O3S3. The van der Waals surface area contributed by atoms with Crippen LogP contribution in [0.5, 0.6) is 11.5 Å². The Labute approximate surface area is 148 Å². The van der Waals surface area contributed by atoms with Crippen LogP contribution in [0, 0.1) is 11.6 Å². The van der Waals surface area contributed by atoms with Crippen molar-refractivity contribution < 1.29 is 23.4 Å². The number of ether oxygens (including phenoxy) is 2. The third-order valence-electron chi connectivity index (χ3n) is 2.00. The summed E-state index contributed by atoms with van der Waals surface area (Å²) in [6.07, 6.45) is 0. The lowest BCUT2D eigenvalue weighted by molar-refractivity contribution is 0.577. The summed E-state index contributed by atoms with van der Waals surface area (Å²) in [5, 5.41) is 7.26. The van der Waals surface area contributed by atoms with Gasteiger partial charge >= 0.3 is 0 Å². The SMILES string of the molecule is Fc1ccc(OC=S)cc1.Fc1ccc(OC=S)cc1.OC=S. The number of aliphatic hydroxyl groups is 1. The van der Waals surface area contributed by atoms with Gasteiger partial charge in [0.25, 0.3) is 0 Å². The van der Waals surface area contributed by atoms with Gasteiger partial charge in [0.1, 0.15) is 28.7 Å². The Morgan fingerprint density at radius 1 is 0.696 bits per heavy atom. The summed E-state index contributed by atoms with van der Waals surface area (Å²) in [6, 6.07) is 11.3. The number of hydrogen-bond acceptors (Lipinski definition) is 5. The van der Waals surface area contributed by atoms with Gasteiger partial charge in [-0.1, -0.05) is 0 Å². The summed E-state index contributed by atoms with van der Waals surface area (Å²) in [5.74, 6) is 0.543. The van der Waals surface area contributed by atoms with E-state index in [1.165, 1.54) is 48.5 Å². The number of benzene rings is 2. The Hall–Kier alpha value is -2.03. The molecule has 0 aliphatic rings. The zero-order valence-corrected chi connectivity index (χ0v) is 14.0. The van der Waals surface area contributed by atoms with Crippen molar-refractivity contribution in [1.82, 2.24) is 0 Å². The Bertz CT molecular complexity index is 538. The third kappa shape index (κ3) is 11.2. The minimum absolute atomic E-state index is 0.281. The highest BCUT2D eigenvalue weighted by molar-refractivity contribution is 7.79. The van der Waals surface area contributed by atoms with E-state index in [1.807, 2.05) is 0 Å². The van der Waals surface area contributed by atoms with Gasteiger partial charge in [0.05, 0.1) is 0 Å². The summed E-state index contributed by atoms with van der Waals surface area (Å²) in [7, 11) is 0. The molecule has 0 spiro atoms. The van der Waals surface area contributed by atoms with Crippen LogP contribution in [-0.4, -0.2) is 21.8 Å². The van der Waals surface area contributed by atoms with Gasteiger partial charge in [-0.3, -0.25) is 0 Å². The molecule has 0 aromatic heterocycles. The Morgan fingerprint density at radius 3 is 1.17 bits per heavy atom. The van der Waals surface area contributed by atoms with E-state index in [9.17, 15) is 8.78 Å². The van der Waals surface area contributed by atoms with Crippen LogP contribution in [0.15, 0.2) is 48.5 Å². The molecule has 2 rings (SSSR count). The van der Waals surface area contributed by atoms with Crippen LogP contribution in [0.4, 0.5) is 8.78 Å². The highest BCUT2D eigenvalue weighted by atomic mass is 32.1. The van der Waals surface area contributed by atoms with E-state index in [1.54, 1.807) is 0 Å². The summed E-state index contributed by atoms with van der Waals surface area (Å²) < 4.78 is 34.0. The molecule has 0 heterocycles. The van der Waals surface area contributed by atoms with Crippen LogP contribution in [0.1, 0.15) is 0 Å². The Morgan fingerprint density at radius 2 is 0.957 bits per heavy atom. The molecule has 122 valence electrons. The molecule has 0 fully saturated rings. The topological polar surface area (TPSA) is 38.7 Å². The smallest absolute Gasteiger partial charge is 0.154 e. The second kappa shape index (κ2) is 13.6. The Balaban J connectivity index is 0.000000360. The average molecular weight is 374 g/mol. The first-order chi connectivity index (χ1) is 11.1. The minimum atomic E-state index is -0.281. The first kappa shape index (κ1) is 21.0. The first-order valence-corrected chi connectivity index (χ1v) is 7.28. The highest BCUT2D eigenvalue weighted by Crippen LogP contribution is 2.10. The zero-order valence-electron chi connectivity index (χ0n) is 11.6. The second-order valence-electron chi connectivity index (χ2n) is 3.44. The largest absolute Gasteiger partial charge is 0.504 e. The number of hydrogen-bond donors (Lipinski definition) is 1. The molecule has 0 atom stereocenters. The molecule has 1 N–H and O–H groups in total. The van der Waals surface area contributed by atoms with E-state index in [2.05, 4.69) is 36.7 Å². The molecule has 0 saturated carbocycles. The maximum absolute atomic E-state index is 12.2. The van der Waals surface area contributed by atoms with Gasteiger partial charge in [0.15, 0.2) is 11.1 Å².